The molecular formula is C17H18N2O3. The predicted octanol–water partition coefficient (Wildman–Crippen LogP) is 3.12. The highest BCUT2D eigenvalue weighted by Crippen LogP contribution is 2.23. The topological polar surface area (TPSA) is 81.4 Å². The zero-order valence-corrected chi connectivity index (χ0v) is 12.6. The Balaban J connectivity index is 2.27. The van der Waals surface area contributed by atoms with E-state index in [-0.39, 0.29) is 11.7 Å². The fraction of sp³-hybridized carbons (Fsp3) is 0.176. The Hall–Kier alpha value is -2.82. The van der Waals surface area contributed by atoms with Crippen LogP contribution in [0.25, 0.3) is 0 Å². The van der Waals surface area contributed by atoms with E-state index in [1.165, 1.54) is 6.92 Å². The number of carbonyl (C=O) groups is 2. The molecule has 0 fully saturated rings. The highest BCUT2D eigenvalue weighted by atomic mass is 16.5. The highest BCUT2D eigenvalue weighted by molar-refractivity contribution is 6.07. The molecule has 0 unspecified atom stereocenters. The van der Waals surface area contributed by atoms with Crippen molar-refractivity contribution < 1.29 is 14.3 Å². The average Bonchev–Trinajstić information content (AvgIpc) is 2.49. The first-order valence-corrected chi connectivity index (χ1v) is 6.96. The lowest BCUT2D eigenvalue weighted by Crippen LogP contribution is -2.14. The van der Waals surface area contributed by atoms with Gasteiger partial charge in [0.1, 0.15) is 5.75 Å². The lowest BCUT2D eigenvalue weighted by molar-refractivity contribution is 0.100. The quantitative estimate of drug-likeness (QED) is 0.656. The second-order valence-electron chi connectivity index (χ2n) is 4.78. The fourth-order valence-electron chi connectivity index (χ4n) is 2.02. The van der Waals surface area contributed by atoms with Gasteiger partial charge in [0.25, 0.3) is 5.91 Å². The Labute approximate surface area is 129 Å². The summed E-state index contributed by atoms with van der Waals surface area (Å²) in [5, 5.41) is 2.75. The number of benzene rings is 2. The van der Waals surface area contributed by atoms with Crippen LogP contribution in [0.1, 0.15) is 34.6 Å². The molecule has 0 aliphatic rings. The van der Waals surface area contributed by atoms with Gasteiger partial charge in [0.2, 0.25) is 0 Å². The Kier molecular flexibility index (Phi) is 4.78. The second kappa shape index (κ2) is 6.76. The van der Waals surface area contributed by atoms with Crippen LogP contribution < -0.4 is 15.8 Å². The number of hydrogen-bond acceptors (Lipinski definition) is 4. The number of nitrogen functional groups attached to an aromatic ring is 1. The molecule has 0 aliphatic heterocycles. The fourth-order valence-corrected chi connectivity index (χ4v) is 2.02. The van der Waals surface area contributed by atoms with Crippen LogP contribution in [0.4, 0.5) is 11.4 Å². The van der Waals surface area contributed by atoms with E-state index in [9.17, 15) is 9.59 Å². The first kappa shape index (κ1) is 15.6. The van der Waals surface area contributed by atoms with E-state index in [1.54, 1.807) is 42.5 Å². The van der Waals surface area contributed by atoms with Gasteiger partial charge in [0.05, 0.1) is 12.2 Å². The van der Waals surface area contributed by atoms with Crippen LogP contribution in [0.3, 0.4) is 0 Å². The molecule has 2 aromatic rings. The summed E-state index contributed by atoms with van der Waals surface area (Å²) in [6, 6.07) is 11.7. The summed E-state index contributed by atoms with van der Waals surface area (Å²) in [4.78, 5) is 23.8. The van der Waals surface area contributed by atoms with Crippen LogP contribution in [0.5, 0.6) is 5.75 Å². The number of Topliss-reactive ketones (excluding diaryl/α,β-unsaturated/α-hetero) is 1. The number of nitrogens with one attached hydrogen (secondary N) is 1. The molecular weight excluding hydrogens is 280 g/mol. The van der Waals surface area contributed by atoms with Gasteiger partial charge in [0, 0.05) is 16.9 Å². The number of carbonyl (C=O) groups excluding carboxylic acids is 2. The summed E-state index contributed by atoms with van der Waals surface area (Å²) in [5.41, 5.74) is 7.65. The lowest BCUT2D eigenvalue weighted by atomic mass is 10.1. The molecule has 0 atom stereocenters. The first-order valence-electron chi connectivity index (χ1n) is 6.96. The van der Waals surface area contributed by atoms with Gasteiger partial charge in [-0.05, 0) is 44.2 Å². The van der Waals surface area contributed by atoms with Crippen molar-refractivity contribution in [3.63, 3.8) is 0 Å². The Bertz CT molecular complexity index is 711. The van der Waals surface area contributed by atoms with Crippen molar-refractivity contribution in [3.05, 3.63) is 53.6 Å². The molecule has 5 heteroatoms. The summed E-state index contributed by atoms with van der Waals surface area (Å²) < 4.78 is 5.44. The lowest BCUT2D eigenvalue weighted by Gasteiger charge is -2.11. The van der Waals surface area contributed by atoms with E-state index >= 15 is 0 Å². The molecule has 3 N–H and O–H groups in total. The summed E-state index contributed by atoms with van der Waals surface area (Å²) in [6.45, 7) is 3.77. The van der Waals surface area contributed by atoms with E-state index in [0.717, 1.165) is 0 Å². The van der Waals surface area contributed by atoms with Crippen LogP contribution in [0.2, 0.25) is 0 Å². The monoisotopic (exact) mass is 298 g/mol. The van der Waals surface area contributed by atoms with Crippen molar-refractivity contribution >= 4 is 23.1 Å². The third-order valence-corrected chi connectivity index (χ3v) is 3.08. The number of ketones is 1. The minimum absolute atomic E-state index is 0.0601. The number of amides is 1. The Morgan fingerprint density at radius 1 is 1.18 bits per heavy atom. The molecule has 22 heavy (non-hydrogen) atoms. The smallest absolute Gasteiger partial charge is 0.259 e. The standard InChI is InChI=1S/C17H18N2O3/c1-3-22-16-8-7-13(18)10-15(16)17(21)19-14-6-4-5-12(9-14)11(2)20/h4-10H,3,18H2,1-2H3,(H,19,21). The Morgan fingerprint density at radius 2 is 1.95 bits per heavy atom. The molecule has 0 heterocycles. The van der Waals surface area contributed by atoms with Crippen molar-refractivity contribution in [2.24, 2.45) is 0 Å². The van der Waals surface area contributed by atoms with Crippen molar-refractivity contribution in [3.8, 4) is 5.75 Å². The zero-order valence-electron chi connectivity index (χ0n) is 12.6. The third kappa shape index (κ3) is 3.63. The molecule has 2 rings (SSSR count). The van der Waals surface area contributed by atoms with Gasteiger partial charge < -0.3 is 15.8 Å². The number of hydrogen-bond donors (Lipinski definition) is 2. The molecule has 5 nitrogen and oxygen atoms in total. The number of rotatable bonds is 5. The van der Waals surface area contributed by atoms with Crippen LogP contribution in [0.15, 0.2) is 42.5 Å². The summed E-state index contributed by atoms with van der Waals surface area (Å²) in [7, 11) is 0. The van der Waals surface area contributed by atoms with E-state index in [0.29, 0.717) is 34.9 Å². The van der Waals surface area contributed by atoms with Crippen molar-refractivity contribution in [1.82, 2.24) is 0 Å². The zero-order chi connectivity index (χ0) is 16.1. The van der Waals surface area contributed by atoms with E-state index in [4.69, 9.17) is 10.5 Å². The molecule has 1 amide bonds. The van der Waals surface area contributed by atoms with Crippen LogP contribution in [-0.4, -0.2) is 18.3 Å². The summed E-state index contributed by atoms with van der Waals surface area (Å²) in [5.74, 6) is 0.0726. The maximum absolute atomic E-state index is 12.4. The van der Waals surface area contributed by atoms with Crippen molar-refractivity contribution in [1.29, 1.82) is 0 Å². The molecule has 2 aromatic carbocycles. The predicted molar refractivity (Wildman–Crippen MR) is 86.4 cm³/mol. The normalized spacial score (nSPS) is 10.1. The third-order valence-electron chi connectivity index (χ3n) is 3.08. The minimum atomic E-state index is -0.337. The van der Waals surface area contributed by atoms with Gasteiger partial charge in [-0.1, -0.05) is 12.1 Å². The molecule has 114 valence electrons. The second-order valence-corrected chi connectivity index (χ2v) is 4.78. The van der Waals surface area contributed by atoms with E-state index in [1.807, 2.05) is 6.92 Å². The van der Waals surface area contributed by atoms with Gasteiger partial charge in [-0.15, -0.1) is 0 Å². The Morgan fingerprint density at radius 3 is 2.64 bits per heavy atom. The van der Waals surface area contributed by atoms with Crippen LogP contribution in [-0.2, 0) is 0 Å². The molecule has 0 bridgehead atoms. The van der Waals surface area contributed by atoms with Gasteiger partial charge in [0.15, 0.2) is 5.78 Å². The number of anilines is 2. The maximum Gasteiger partial charge on any atom is 0.259 e. The van der Waals surface area contributed by atoms with Gasteiger partial charge >= 0.3 is 0 Å². The van der Waals surface area contributed by atoms with Gasteiger partial charge in [-0.2, -0.15) is 0 Å². The molecule has 0 radical (unpaired) electrons. The highest BCUT2D eigenvalue weighted by Gasteiger charge is 2.14. The summed E-state index contributed by atoms with van der Waals surface area (Å²) >= 11 is 0. The van der Waals surface area contributed by atoms with Crippen LogP contribution in [0, 0.1) is 0 Å². The maximum atomic E-state index is 12.4. The van der Waals surface area contributed by atoms with E-state index in [2.05, 4.69) is 5.32 Å². The van der Waals surface area contributed by atoms with Gasteiger partial charge in [-0.3, -0.25) is 9.59 Å². The molecule has 0 saturated carbocycles. The van der Waals surface area contributed by atoms with Crippen LogP contribution >= 0.6 is 0 Å². The average molecular weight is 298 g/mol. The van der Waals surface area contributed by atoms with Crippen molar-refractivity contribution in [2.75, 3.05) is 17.7 Å². The SMILES string of the molecule is CCOc1ccc(N)cc1C(=O)Nc1cccc(C(C)=O)c1. The summed E-state index contributed by atoms with van der Waals surface area (Å²) in [6.07, 6.45) is 0. The van der Waals surface area contributed by atoms with E-state index < -0.39 is 0 Å². The number of nitrogens with two attached hydrogens (primary N) is 1. The number of ether oxygens (including phenoxy) is 1. The first-order chi connectivity index (χ1) is 10.5. The largest absolute Gasteiger partial charge is 0.493 e. The minimum Gasteiger partial charge on any atom is -0.493 e. The molecule has 0 saturated heterocycles. The van der Waals surface area contributed by atoms with Gasteiger partial charge in [-0.25, -0.2) is 0 Å². The molecule has 0 spiro atoms. The van der Waals surface area contributed by atoms with Crippen molar-refractivity contribution in [2.45, 2.75) is 13.8 Å². The molecule has 0 aliphatic carbocycles. The molecule has 0 aromatic heterocycles.